The summed E-state index contributed by atoms with van der Waals surface area (Å²) < 4.78 is 6.55. The molecule has 8 nitrogen and oxygen atoms in total. The van der Waals surface area contributed by atoms with Gasteiger partial charge in [0.05, 0.1) is 13.2 Å². The van der Waals surface area contributed by atoms with E-state index in [4.69, 9.17) is 9.84 Å². The fourth-order valence-corrected chi connectivity index (χ4v) is 2.57. The molecule has 0 saturated carbocycles. The first-order chi connectivity index (χ1) is 9.69. The molecule has 1 aromatic heterocycles. The Kier molecular flexibility index (Phi) is 8.16. The number of aliphatic carboxylic acids is 1. The maximum atomic E-state index is 11.1. The van der Waals surface area contributed by atoms with Crippen LogP contribution in [0.3, 0.4) is 0 Å². The molecule has 0 saturated heterocycles. The minimum Gasteiger partial charge on any atom is -0.480 e. The van der Waals surface area contributed by atoms with Gasteiger partial charge in [0.2, 0.25) is 5.16 Å². The number of carbonyl (C=O) groups is 1. The van der Waals surface area contributed by atoms with Gasteiger partial charge in [-0.1, -0.05) is 25.1 Å². The summed E-state index contributed by atoms with van der Waals surface area (Å²) in [6.45, 7) is 4.66. The Morgan fingerprint density at radius 2 is 2.35 bits per heavy atom. The Bertz CT molecular complexity index is 401. The molecule has 1 rings (SSSR count). The van der Waals surface area contributed by atoms with Crippen LogP contribution >= 0.6 is 11.8 Å². The summed E-state index contributed by atoms with van der Waals surface area (Å²) in [6.07, 6.45) is 1.41. The van der Waals surface area contributed by atoms with E-state index in [0.29, 0.717) is 31.3 Å². The largest absolute Gasteiger partial charge is 0.480 e. The van der Waals surface area contributed by atoms with Crippen LogP contribution in [0, 0.1) is 0 Å². The highest BCUT2D eigenvalue weighted by Gasteiger charge is 2.21. The molecule has 20 heavy (non-hydrogen) atoms. The van der Waals surface area contributed by atoms with Gasteiger partial charge in [-0.15, -0.1) is 5.10 Å². The number of methoxy groups -OCH3 is 1. The number of thioether (sulfide) groups is 1. The predicted molar refractivity (Wildman–Crippen MR) is 74.8 cm³/mol. The molecule has 114 valence electrons. The number of carboxylic acid groups (broad SMARTS) is 1. The molecule has 1 heterocycles. The fraction of sp³-hybridized carbons (Fsp3) is 0.818. The first kappa shape index (κ1) is 16.9. The molecule has 0 aliphatic heterocycles. The van der Waals surface area contributed by atoms with Gasteiger partial charge in [-0.3, -0.25) is 4.79 Å². The third-order valence-electron chi connectivity index (χ3n) is 2.56. The normalized spacial score (nSPS) is 12.5. The van der Waals surface area contributed by atoms with Crippen molar-refractivity contribution in [1.29, 1.82) is 0 Å². The van der Waals surface area contributed by atoms with Crippen molar-refractivity contribution in [3.05, 3.63) is 0 Å². The average Bonchev–Trinajstić information content (AvgIpc) is 2.85. The highest BCUT2D eigenvalue weighted by molar-refractivity contribution is 8.00. The minimum atomic E-state index is -0.829. The van der Waals surface area contributed by atoms with Gasteiger partial charge in [0.1, 0.15) is 5.25 Å². The molecule has 0 fully saturated rings. The lowest BCUT2D eigenvalue weighted by atomic mass is 10.2. The second kappa shape index (κ2) is 9.67. The Labute approximate surface area is 122 Å². The lowest BCUT2D eigenvalue weighted by molar-refractivity contribution is -0.136. The maximum absolute atomic E-state index is 11.1. The topological polar surface area (TPSA) is 102 Å². The Morgan fingerprint density at radius 3 is 3.00 bits per heavy atom. The van der Waals surface area contributed by atoms with Crippen LogP contribution < -0.4 is 5.32 Å². The van der Waals surface area contributed by atoms with Gasteiger partial charge in [0, 0.05) is 20.2 Å². The zero-order chi connectivity index (χ0) is 14.8. The number of tetrazole rings is 1. The molecule has 1 aromatic rings. The van der Waals surface area contributed by atoms with E-state index in [1.165, 1.54) is 11.8 Å². The van der Waals surface area contributed by atoms with Gasteiger partial charge in [-0.25, -0.2) is 4.68 Å². The first-order valence-corrected chi connectivity index (χ1v) is 7.42. The molecule has 0 radical (unpaired) electrons. The molecule has 0 aliphatic rings. The molecule has 0 amide bonds. The smallest absolute Gasteiger partial charge is 0.317 e. The molecule has 1 unspecified atom stereocenters. The van der Waals surface area contributed by atoms with Crippen LogP contribution in [-0.2, 0) is 16.1 Å². The van der Waals surface area contributed by atoms with Crippen LogP contribution in [-0.4, -0.2) is 63.3 Å². The fourth-order valence-electron chi connectivity index (χ4n) is 1.53. The highest BCUT2D eigenvalue weighted by atomic mass is 32.2. The number of aromatic nitrogens is 4. The Hall–Kier alpha value is -1.19. The summed E-state index contributed by atoms with van der Waals surface area (Å²) in [7, 11) is 1.65. The van der Waals surface area contributed by atoms with E-state index < -0.39 is 11.2 Å². The lowest BCUT2D eigenvalue weighted by Gasteiger charge is -2.10. The van der Waals surface area contributed by atoms with Crippen LogP contribution in [0.25, 0.3) is 0 Å². The first-order valence-electron chi connectivity index (χ1n) is 6.54. The monoisotopic (exact) mass is 303 g/mol. The van der Waals surface area contributed by atoms with Crippen LogP contribution in [0.15, 0.2) is 5.16 Å². The summed E-state index contributed by atoms with van der Waals surface area (Å²) in [5.41, 5.74) is 0. The van der Waals surface area contributed by atoms with Crippen molar-refractivity contribution in [2.75, 3.05) is 26.8 Å². The van der Waals surface area contributed by atoms with E-state index in [1.54, 1.807) is 11.8 Å². The van der Waals surface area contributed by atoms with Crippen LogP contribution in [0.2, 0.25) is 0 Å². The lowest BCUT2D eigenvalue weighted by Crippen LogP contribution is -2.25. The SMILES string of the molecule is CCCC(Sc1nnnn1CCNCCOC)C(=O)O. The van der Waals surface area contributed by atoms with Crippen molar-refractivity contribution in [2.24, 2.45) is 0 Å². The van der Waals surface area contributed by atoms with E-state index in [1.807, 2.05) is 6.92 Å². The standard InChI is InChI=1S/C11H21N5O3S/c1-3-4-9(10(17)18)20-11-13-14-15-16(11)7-5-12-6-8-19-2/h9,12H,3-8H2,1-2H3,(H,17,18). The maximum Gasteiger partial charge on any atom is 0.317 e. The summed E-state index contributed by atoms with van der Waals surface area (Å²) in [4.78, 5) is 11.1. The van der Waals surface area contributed by atoms with Gasteiger partial charge in [0.25, 0.3) is 0 Å². The molecule has 0 bridgehead atoms. The third-order valence-corrected chi connectivity index (χ3v) is 3.78. The van der Waals surface area contributed by atoms with E-state index in [2.05, 4.69) is 20.8 Å². The second-order valence-corrected chi connectivity index (χ2v) is 5.33. The molecular weight excluding hydrogens is 282 g/mol. The zero-order valence-electron chi connectivity index (χ0n) is 11.8. The number of nitrogens with one attached hydrogen (secondary N) is 1. The zero-order valence-corrected chi connectivity index (χ0v) is 12.6. The predicted octanol–water partition coefficient (Wildman–Crippen LogP) is 0.255. The van der Waals surface area contributed by atoms with Gasteiger partial charge in [-0.05, 0) is 16.8 Å². The van der Waals surface area contributed by atoms with Gasteiger partial charge in [-0.2, -0.15) is 0 Å². The van der Waals surface area contributed by atoms with E-state index in [0.717, 1.165) is 13.0 Å². The summed E-state index contributed by atoms with van der Waals surface area (Å²) in [5, 5.41) is 23.7. The van der Waals surface area contributed by atoms with E-state index in [9.17, 15) is 4.79 Å². The van der Waals surface area contributed by atoms with Crippen molar-refractivity contribution in [3.8, 4) is 0 Å². The van der Waals surface area contributed by atoms with Gasteiger partial charge >= 0.3 is 5.97 Å². The minimum absolute atomic E-state index is 0.508. The summed E-state index contributed by atoms with van der Waals surface area (Å²) in [6, 6.07) is 0. The van der Waals surface area contributed by atoms with E-state index in [-0.39, 0.29) is 0 Å². The number of ether oxygens (including phenoxy) is 1. The van der Waals surface area contributed by atoms with Crippen molar-refractivity contribution >= 4 is 17.7 Å². The molecular formula is C11H21N5O3S. The molecule has 1 atom stereocenters. The molecule has 9 heteroatoms. The molecule has 0 aromatic carbocycles. The molecule has 2 N–H and O–H groups in total. The quantitative estimate of drug-likeness (QED) is 0.443. The summed E-state index contributed by atoms with van der Waals surface area (Å²) in [5.74, 6) is -0.829. The average molecular weight is 303 g/mol. The highest BCUT2D eigenvalue weighted by Crippen LogP contribution is 2.23. The molecule has 0 aliphatic carbocycles. The van der Waals surface area contributed by atoms with E-state index >= 15 is 0 Å². The number of hydrogen-bond donors (Lipinski definition) is 2. The second-order valence-electron chi connectivity index (χ2n) is 4.16. The van der Waals surface area contributed by atoms with Gasteiger partial charge in [0.15, 0.2) is 0 Å². The van der Waals surface area contributed by atoms with Crippen molar-refractivity contribution < 1.29 is 14.6 Å². The number of nitrogens with zero attached hydrogens (tertiary/aromatic N) is 4. The number of rotatable bonds is 11. The van der Waals surface area contributed by atoms with Crippen molar-refractivity contribution in [2.45, 2.75) is 36.7 Å². The number of carboxylic acids is 1. The Balaban J connectivity index is 2.46. The Morgan fingerprint density at radius 1 is 1.55 bits per heavy atom. The van der Waals surface area contributed by atoms with Crippen LogP contribution in [0.1, 0.15) is 19.8 Å². The molecule has 0 spiro atoms. The van der Waals surface area contributed by atoms with Crippen LogP contribution in [0.5, 0.6) is 0 Å². The summed E-state index contributed by atoms with van der Waals surface area (Å²) >= 11 is 1.20. The van der Waals surface area contributed by atoms with Crippen LogP contribution in [0.4, 0.5) is 0 Å². The van der Waals surface area contributed by atoms with Crippen molar-refractivity contribution in [1.82, 2.24) is 25.5 Å². The van der Waals surface area contributed by atoms with Gasteiger partial charge < -0.3 is 15.2 Å². The number of hydrogen-bond acceptors (Lipinski definition) is 7. The van der Waals surface area contributed by atoms with Crippen molar-refractivity contribution in [3.63, 3.8) is 0 Å². The third kappa shape index (κ3) is 5.85.